The van der Waals surface area contributed by atoms with Crippen molar-refractivity contribution in [3.05, 3.63) is 11.2 Å². The van der Waals surface area contributed by atoms with Crippen LogP contribution in [0.2, 0.25) is 5.15 Å². The molecule has 0 aromatic carbocycles. The molecule has 0 saturated heterocycles. The van der Waals surface area contributed by atoms with E-state index in [1.54, 1.807) is 18.0 Å². The van der Waals surface area contributed by atoms with Gasteiger partial charge in [-0.05, 0) is 6.92 Å². The molecule has 5 nitrogen and oxygen atoms in total. The van der Waals surface area contributed by atoms with Crippen molar-refractivity contribution in [1.29, 1.82) is 0 Å². The average Bonchev–Trinajstić information content (AvgIpc) is 2.14. The highest BCUT2D eigenvalue weighted by Crippen LogP contribution is 2.17. The van der Waals surface area contributed by atoms with Gasteiger partial charge in [-0.3, -0.25) is 0 Å². The highest BCUT2D eigenvalue weighted by Gasteiger charge is 2.11. The van der Waals surface area contributed by atoms with Gasteiger partial charge < -0.3 is 15.7 Å². The number of likely N-dealkylation sites (N-methyl/N-ethyl adjacent to an activating group) is 1. The Hall–Kier alpha value is -1.07. The van der Waals surface area contributed by atoms with Gasteiger partial charge in [0.05, 0.1) is 12.6 Å². The van der Waals surface area contributed by atoms with Crippen molar-refractivity contribution in [3.8, 4) is 0 Å². The van der Waals surface area contributed by atoms with Crippen molar-refractivity contribution in [3.63, 3.8) is 0 Å². The molecule has 0 amide bonds. The van der Waals surface area contributed by atoms with Gasteiger partial charge in [-0.15, -0.1) is 0 Å². The maximum absolute atomic E-state index is 8.96. The lowest BCUT2D eigenvalue weighted by Crippen LogP contribution is -2.32. The highest BCUT2D eigenvalue weighted by molar-refractivity contribution is 6.29. The first-order valence-electron chi connectivity index (χ1n) is 4.18. The zero-order valence-corrected chi connectivity index (χ0v) is 8.86. The predicted molar refractivity (Wildman–Crippen MR) is 56.4 cm³/mol. The predicted octanol–water partition coefficient (Wildman–Crippen LogP) is 0.529. The lowest BCUT2D eigenvalue weighted by atomic mass is 10.3. The second kappa shape index (κ2) is 4.43. The first-order valence-corrected chi connectivity index (χ1v) is 4.56. The van der Waals surface area contributed by atoms with Gasteiger partial charge in [-0.25, -0.2) is 4.98 Å². The molecule has 1 heterocycles. The Balaban J connectivity index is 2.94. The number of aliphatic hydroxyl groups is 1. The van der Waals surface area contributed by atoms with Crippen molar-refractivity contribution in [1.82, 2.24) is 9.97 Å². The summed E-state index contributed by atoms with van der Waals surface area (Å²) in [5.41, 5.74) is 5.44. The van der Waals surface area contributed by atoms with Crippen LogP contribution in [0.4, 0.5) is 11.8 Å². The van der Waals surface area contributed by atoms with Gasteiger partial charge in [0.1, 0.15) is 11.0 Å². The minimum absolute atomic E-state index is 0.0397. The van der Waals surface area contributed by atoms with Crippen LogP contribution >= 0.6 is 11.6 Å². The molecule has 78 valence electrons. The van der Waals surface area contributed by atoms with E-state index in [4.69, 9.17) is 22.4 Å². The van der Waals surface area contributed by atoms with Crippen LogP contribution in [0.3, 0.4) is 0 Å². The number of aliphatic hydroxyl groups excluding tert-OH is 1. The van der Waals surface area contributed by atoms with Crippen molar-refractivity contribution in [2.24, 2.45) is 0 Å². The molecule has 0 aliphatic carbocycles. The number of aromatic nitrogens is 2. The first kappa shape index (κ1) is 11.0. The molecule has 1 atom stereocenters. The second-order valence-corrected chi connectivity index (χ2v) is 3.44. The number of hydrogen-bond acceptors (Lipinski definition) is 5. The number of anilines is 2. The van der Waals surface area contributed by atoms with Crippen LogP contribution in [0.1, 0.15) is 6.92 Å². The topological polar surface area (TPSA) is 75.3 Å². The van der Waals surface area contributed by atoms with E-state index in [9.17, 15) is 0 Å². The van der Waals surface area contributed by atoms with E-state index in [2.05, 4.69) is 9.97 Å². The van der Waals surface area contributed by atoms with Crippen LogP contribution in [0, 0.1) is 0 Å². The normalized spacial score (nSPS) is 12.6. The monoisotopic (exact) mass is 216 g/mol. The number of hydrogen-bond donors (Lipinski definition) is 2. The minimum atomic E-state index is -0.0413. The molecule has 0 bridgehead atoms. The number of rotatable bonds is 3. The van der Waals surface area contributed by atoms with Gasteiger partial charge in [0.15, 0.2) is 0 Å². The fraction of sp³-hybridized carbons (Fsp3) is 0.500. The Morgan fingerprint density at radius 2 is 2.29 bits per heavy atom. The van der Waals surface area contributed by atoms with Crippen LogP contribution in [0.5, 0.6) is 0 Å². The van der Waals surface area contributed by atoms with Crippen molar-refractivity contribution < 1.29 is 5.11 Å². The first-order chi connectivity index (χ1) is 6.54. The molecule has 6 heteroatoms. The Kier molecular flexibility index (Phi) is 3.49. The summed E-state index contributed by atoms with van der Waals surface area (Å²) in [6, 6.07) is 1.56. The lowest BCUT2D eigenvalue weighted by Gasteiger charge is -2.24. The minimum Gasteiger partial charge on any atom is -0.394 e. The van der Waals surface area contributed by atoms with E-state index < -0.39 is 0 Å². The summed E-state index contributed by atoms with van der Waals surface area (Å²) < 4.78 is 0. The van der Waals surface area contributed by atoms with Gasteiger partial charge >= 0.3 is 0 Å². The third-order valence-electron chi connectivity index (χ3n) is 1.99. The molecule has 1 aromatic heterocycles. The van der Waals surface area contributed by atoms with Gasteiger partial charge in [0.2, 0.25) is 5.95 Å². The number of nitrogens with two attached hydrogens (primary N) is 1. The SMILES string of the molecule is C[C@@H](CO)N(C)c1cc(Cl)nc(N)n1. The van der Waals surface area contributed by atoms with Crippen LogP contribution in [-0.2, 0) is 0 Å². The van der Waals surface area contributed by atoms with Crippen LogP contribution in [0.15, 0.2) is 6.07 Å². The Labute approximate surface area is 87.5 Å². The van der Waals surface area contributed by atoms with Crippen LogP contribution in [0.25, 0.3) is 0 Å². The molecule has 0 saturated carbocycles. The average molecular weight is 217 g/mol. The molecule has 0 aliphatic rings. The molecule has 0 aliphatic heterocycles. The fourth-order valence-electron chi connectivity index (χ4n) is 0.952. The maximum Gasteiger partial charge on any atom is 0.223 e. The largest absolute Gasteiger partial charge is 0.394 e. The van der Waals surface area contributed by atoms with Crippen molar-refractivity contribution in [2.45, 2.75) is 13.0 Å². The number of nitrogen functional groups attached to an aromatic ring is 1. The van der Waals surface area contributed by atoms with Gasteiger partial charge in [-0.1, -0.05) is 11.6 Å². The van der Waals surface area contributed by atoms with Crippen LogP contribution in [-0.4, -0.2) is 34.8 Å². The van der Waals surface area contributed by atoms with Crippen molar-refractivity contribution in [2.75, 3.05) is 24.3 Å². The molecule has 0 spiro atoms. The summed E-state index contributed by atoms with van der Waals surface area (Å²) in [6.07, 6.45) is 0. The zero-order valence-electron chi connectivity index (χ0n) is 8.11. The molecule has 1 aromatic rings. The number of halogens is 1. The zero-order chi connectivity index (χ0) is 10.7. The Morgan fingerprint density at radius 3 is 2.79 bits per heavy atom. The smallest absolute Gasteiger partial charge is 0.223 e. The summed E-state index contributed by atoms with van der Waals surface area (Å²) in [7, 11) is 1.80. The fourth-order valence-corrected chi connectivity index (χ4v) is 1.14. The Bertz CT molecular complexity index is 300. The number of nitrogens with zero attached hydrogens (tertiary/aromatic N) is 3. The molecule has 0 unspecified atom stereocenters. The maximum atomic E-state index is 8.96. The third kappa shape index (κ3) is 2.46. The molecule has 14 heavy (non-hydrogen) atoms. The Morgan fingerprint density at radius 1 is 1.64 bits per heavy atom. The molecule has 3 N–H and O–H groups in total. The summed E-state index contributed by atoms with van der Waals surface area (Å²) in [5.74, 6) is 0.730. The van der Waals surface area contributed by atoms with E-state index in [0.717, 1.165) is 0 Å². The quantitative estimate of drug-likeness (QED) is 0.721. The van der Waals surface area contributed by atoms with E-state index in [1.807, 2.05) is 6.92 Å². The van der Waals surface area contributed by atoms with Gasteiger partial charge in [-0.2, -0.15) is 4.98 Å². The van der Waals surface area contributed by atoms with E-state index in [0.29, 0.717) is 11.0 Å². The van der Waals surface area contributed by atoms with Gasteiger partial charge in [0.25, 0.3) is 0 Å². The summed E-state index contributed by atoms with van der Waals surface area (Å²) >= 11 is 5.72. The summed E-state index contributed by atoms with van der Waals surface area (Å²) in [4.78, 5) is 9.53. The summed E-state index contributed by atoms with van der Waals surface area (Å²) in [6.45, 7) is 1.91. The van der Waals surface area contributed by atoms with Crippen LogP contribution < -0.4 is 10.6 Å². The lowest BCUT2D eigenvalue weighted by molar-refractivity contribution is 0.270. The highest BCUT2D eigenvalue weighted by atomic mass is 35.5. The van der Waals surface area contributed by atoms with E-state index in [-0.39, 0.29) is 18.6 Å². The molecule has 0 fully saturated rings. The van der Waals surface area contributed by atoms with E-state index >= 15 is 0 Å². The van der Waals surface area contributed by atoms with Gasteiger partial charge in [0, 0.05) is 13.1 Å². The second-order valence-electron chi connectivity index (χ2n) is 3.05. The van der Waals surface area contributed by atoms with E-state index in [1.165, 1.54) is 0 Å². The summed E-state index contributed by atoms with van der Waals surface area (Å²) in [5, 5.41) is 9.25. The molecular formula is C8H13ClN4O. The molecular weight excluding hydrogens is 204 g/mol. The molecule has 0 radical (unpaired) electrons. The van der Waals surface area contributed by atoms with Crippen molar-refractivity contribution >= 4 is 23.4 Å². The third-order valence-corrected chi connectivity index (χ3v) is 2.18. The standard InChI is InChI=1S/C8H13ClN4O/c1-5(4-14)13(2)7-3-6(9)11-8(10)12-7/h3,5,14H,4H2,1-2H3,(H2,10,11,12)/t5-/m0/s1. The molecule has 1 rings (SSSR count).